The molecular formula is C14H20ClNO2. The fourth-order valence-corrected chi connectivity index (χ4v) is 2.46. The highest BCUT2D eigenvalue weighted by molar-refractivity contribution is 6.32. The Morgan fingerprint density at radius 3 is 3.11 bits per heavy atom. The Morgan fingerprint density at radius 1 is 1.50 bits per heavy atom. The molecule has 1 N–H and O–H groups in total. The molecule has 0 radical (unpaired) electrons. The lowest BCUT2D eigenvalue weighted by atomic mass is 10.2. The Balaban J connectivity index is 1.90. The maximum Gasteiger partial charge on any atom is 0.142 e. The Bertz CT molecular complexity index is 378. The fraction of sp³-hybridized carbons (Fsp3) is 0.571. The lowest BCUT2D eigenvalue weighted by Gasteiger charge is -2.14. The van der Waals surface area contributed by atoms with Gasteiger partial charge in [0.1, 0.15) is 5.75 Å². The van der Waals surface area contributed by atoms with Crippen molar-refractivity contribution in [3.63, 3.8) is 0 Å². The summed E-state index contributed by atoms with van der Waals surface area (Å²) in [5.74, 6) is 0.798. The number of halogens is 1. The average molecular weight is 270 g/mol. The van der Waals surface area contributed by atoms with Crippen LogP contribution in [0.4, 0.5) is 0 Å². The zero-order chi connectivity index (χ0) is 12.8. The first-order valence-electron chi connectivity index (χ1n) is 6.47. The van der Waals surface area contributed by atoms with Crippen LogP contribution in [0.3, 0.4) is 0 Å². The topological polar surface area (TPSA) is 30.5 Å². The van der Waals surface area contributed by atoms with Crippen LogP contribution in [0.2, 0.25) is 5.02 Å². The molecule has 0 saturated carbocycles. The lowest BCUT2D eigenvalue weighted by molar-refractivity contribution is 0.0902. The van der Waals surface area contributed by atoms with E-state index in [0.29, 0.717) is 17.7 Å². The molecule has 3 nitrogen and oxygen atoms in total. The number of ether oxygens (including phenoxy) is 2. The van der Waals surface area contributed by atoms with E-state index >= 15 is 0 Å². The lowest BCUT2D eigenvalue weighted by Crippen LogP contribution is -2.13. The zero-order valence-electron chi connectivity index (χ0n) is 10.7. The van der Waals surface area contributed by atoms with Crippen molar-refractivity contribution in [3.8, 4) is 5.75 Å². The molecule has 4 heteroatoms. The summed E-state index contributed by atoms with van der Waals surface area (Å²) in [6, 6.07) is 5.84. The summed E-state index contributed by atoms with van der Waals surface area (Å²) in [5.41, 5.74) is 1.09. The molecule has 1 aromatic rings. The van der Waals surface area contributed by atoms with Crippen LogP contribution in [0.1, 0.15) is 24.8 Å². The second-order valence-electron chi connectivity index (χ2n) is 4.53. The van der Waals surface area contributed by atoms with Crippen LogP contribution in [0.5, 0.6) is 5.75 Å². The first-order chi connectivity index (χ1) is 8.81. The monoisotopic (exact) mass is 269 g/mol. The molecule has 1 aromatic carbocycles. The minimum absolute atomic E-state index is 0.361. The number of benzene rings is 1. The third kappa shape index (κ3) is 3.61. The second-order valence-corrected chi connectivity index (χ2v) is 4.94. The van der Waals surface area contributed by atoms with E-state index < -0.39 is 0 Å². The van der Waals surface area contributed by atoms with Crippen LogP contribution in [-0.4, -0.2) is 26.4 Å². The third-order valence-corrected chi connectivity index (χ3v) is 3.42. The molecule has 1 heterocycles. The first kappa shape index (κ1) is 13.7. The van der Waals surface area contributed by atoms with Gasteiger partial charge in [0.05, 0.1) is 17.7 Å². The molecule has 2 rings (SSSR count). The molecule has 100 valence electrons. The number of hydrogen-bond acceptors (Lipinski definition) is 3. The molecule has 0 spiro atoms. The van der Waals surface area contributed by atoms with Gasteiger partial charge in [0, 0.05) is 25.1 Å². The molecule has 0 amide bonds. The first-order valence-corrected chi connectivity index (χ1v) is 6.85. The molecular weight excluding hydrogens is 250 g/mol. The average Bonchev–Trinajstić information content (AvgIpc) is 2.86. The van der Waals surface area contributed by atoms with E-state index in [-0.39, 0.29) is 0 Å². The molecule has 0 aliphatic carbocycles. The number of rotatable bonds is 6. The van der Waals surface area contributed by atoms with E-state index in [2.05, 4.69) is 5.32 Å². The van der Waals surface area contributed by atoms with Gasteiger partial charge in [-0.05, 0) is 26.0 Å². The van der Waals surface area contributed by atoms with Crippen LogP contribution < -0.4 is 10.1 Å². The highest BCUT2D eigenvalue weighted by Gasteiger charge is 2.16. The smallest absolute Gasteiger partial charge is 0.142 e. The fourth-order valence-electron chi connectivity index (χ4n) is 2.21. The highest BCUT2D eigenvalue weighted by Crippen LogP contribution is 2.29. The van der Waals surface area contributed by atoms with Crippen LogP contribution in [0.15, 0.2) is 18.2 Å². The van der Waals surface area contributed by atoms with Gasteiger partial charge in [0.25, 0.3) is 0 Å². The van der Waals surface area contributed by atoms with E-state index in [1.807, 2.05) is 25.2 Å². The Kier molecular flexibility index (Phi) is 5.29. The largest absolute Gasteiger partial charge is 0.492 e. The molecule has 1 fully saturated rings. The second kappa shape index (κ2) is 6.98. The van der Waals surface area contributed by atoms with E-state index in [0.717, 1.165) is 37.3 Å². The molecule has 1 aliphatic rings. The predicted octanol–water partition coefficient (Wildman–Crippen LogP) is 3.01. The Morgan fingerprint density at radius 2 is 2.39 bits per heavy atom. The van der Waals surface area contributed by atoms with Crippen molar-refractivity contribution in [1.29, 1.82) is 0 Å². The Labute approximate surface area is 113 Å². The minimum Gasteiger partial charge on any atom is -0.492 e. The van der Waals surface area contributed by atoms with Crippen molar-refractivity contribution in [1.82, 2.24) is 5.32 Å². The normalized spacial score (nSPS) is 19.1. The van der Waals surface area contributed by atoms with Crippen molar-refractivity contribution >= 4 is 11.6 Å². The van der Waals surface area contributed by atoms with Crippen LogP contribution in [-0.2, 0) is 11.3 Å². The maximum absolute atomic E-state index is 6.18. The SMILES string of the molecule is CNCc1cccc(Cl)c1OCCC1CCCO1. The van der Waals surface area contributed by atoms with Gasteiger partial charge >= 0.3 is 0 Å². The summed E-state index contributed by atoms with van der Waals surface area (Å²) in [7, 11) is 1.91. The van der Waals surface area contributed by atoms with E-state index in [4.69, 9.17) is 21.1 Å². The van der Waals surface area contributed by atoms with Crippen LogP contribution in [0, 0.1) is 0 Å². The van der Waals surface area contributed by atoms with Gasteiger partial charge in [-0.2, -0.15) is 0 Å². The van der Waals surface area contributed by atoms with Crippen LogP contribution in [0.25, 0.3) is 0 Å². The summed E-state index contributed by atoms with van der Waals surface area (Å²) < 4.78 is 11.4. The van der Waals surface area contributed by atoms with Crippen molar-refractivity contribution in [2.24, 2.45) is 0 Å². The van der Waals surface area contributed by atoms with Gasteiger partial charge in [-0.25, -0.2) is 0 Å². The molecule has 1 aliphatic heterocycles. The predicted molar refractivity (Wildman–Crippen MR) is 73.3 cm³/mol. The number of hydrogen-bond donors (Lipinski definition) is 1. The summed E-state index contributed by atoms with van der Waals surface area (Å²) in [6.07, 6.45) is 3.61. The summed E-state index contributed by atoms with van der Waals surface area (Å²) >= 11 is 6.18. The van der Waals surface area contributed by atoms with E-state index in [9.17, 15) is 0 Å². The van der Waals surface area contributed by atoms with Crippen molar-refractivity contribution in [3.05, 3.63) is 28.8 Å². The van der Waals surface area contributed by atoms with Crippen molar-refractivity contribution in [2.75, 3.05) is 20.3 Å². The maximum atomic E-state index is 6.18. The van der Waals surface area contributed by atoms with Crippen LogP contribution >= 0.6 is 11.6 Å². The number of nitrogens with one attached hydrogen (secondary N) is 1. The molecule has 1 saturated heterocycles. The molecule has 0 aromatic heterocycles. The molecule has 0 bridgehead atoms. The van der Waals surface area contributed by atoms with E-state index in [1.54, 1.807) is 0 Å². The third-order valence-electron chi connectivity index (χ3n) is 3.13. The van der Waals surface area contributed by atoms with Crippen molar-refractivity contribution in [2.45, 2.75) is 31.9 Å². The van der Waals surface area contributed by atoms with Gasteiger partial charge in [-0.1, -0.05) is 23.7 Å². The molecule has 1 atom stereocenters. The van der Waals surface area contributed by atoms with Gasteiger partial charge in [-0.3, -0.25) is 0 Å². The summed E-state index contributed by atoms with van der Waals surface area (Å²) in [6.45, 7) is 2.31. The van der Waals surface area contributed by atoms with Gasteiger partial charge in [-0.15, -0.1) is 0 Å². The van der Waals surface area contributed by atoms with Gasteiger partial charge in [0.15, 0.2) is 0 Å². The Hall–Kier alpha value is -0.770. The summed E-state index contributed by atoms with van der Waals surface area (Å²) in [5, 5.41) is 3.80. The minimum atomic E-state index is 0.361. The highest BCUT2D eigenvalue weighted by atomic mass is 35.5. The van der Waals surface area contributed by atoms with E-state index in [1.165, 1.54) is 6.42 Å². The zero-order valence-corrected chi connectivity index (χ0v) is 11.5. The van der Waals surface area contributed by atoms with Gasteiger partial charge in [0.2, 0.25) is 0 Å². The quantitative estimate of drug-likeness (QED) is 0.861. The molecule has 18 heavy (non-hydrogen) atoms. The standard InChI is InChI=1S/C14H20ClNO2/c1-16-10-11-4-2-6-13(15)14(11)18-9-7-12-5-3-8-17-12/h2,4,6,12,16H,3,5,7-10H2,1H3. The number of para-hydroxylation sites is 1. The summed E-state index contributed by atoms with van der Waals surface area (Å²) in [4.78, 5) is 0. The van der Waals surface area contributed by atoms with Gasteiger partial charge < -0.3 is 14.8 Å². The molecule has 1 unspecified atom stereocenters. The van der Waals surface area contributed by atoms with Crippen molar-refractivity contribution < 1.29 is 9.47 Å².